The van der Waals surface area contributed by atoms with E-state index in [0.29, 0.717) is 0 Å². The molecule has 1 heterocycles. The Morgan fingerprint density at radius 1 is 1.44 bits per heavy atom. The maximum atomic E-state index is 12.0. The number of hydrogen-bond acceptors (Lipinski definition) is 4. The van der Waals surface area contributed by atoms with Crippen molar-refractivity contribution in [3.05, 3.63) is 47.9 Å². The lowest BCUT2D eigenvalue weighted by Gasteiger charge is -2.24. The lowest BCUT2D eigenvalue weighted by atomic mass is 10.1. The molecule has 2 aromatic rings. The fraction of sp³-hybridized carbons (Fsp3) is 0.231. The molecule has 1 aromatic carbocycles. The molecule has 0 radical (unpaired) electrons. The summed E-state index contributed by atoms with van der Waals surface area (Å²) in [5.41, 5.74) is 1.12. The van der Waals surface area contributed by atoms with E-state index in [2.05, 4.69) is 9.68 Å². The number of benzene rings is 1. The van der Waals surface area contributed by atoms with Crippen LogP contribution in [0, 0.1) is 0 Å². The Labute approximate surface area is 105 Å². The summed E-state index contributed by atoms with van der Waals surface area (Å²) >= 11 is 0. The van der Waals surface area contributed by atoms with Crippen molar-refractivity contribution in [1.82, 2.24) is 10.1 Å². The number of carbonyl (C=O) groups is 1. The monoisotopic (exact) mass is 246 g/mol. The molecule has 0 bridgehead atoms. The number of aromatic nitrogens is 1. The van der Waals surface area contributed by atoms with Crippen LogP contribution in [0.4, 0.5) is 0 Å². The highest BCUT2D eigenvalue weighted by Crippen LogP contribution is 2.23. The topological polar surface area (TPSA) is 66.6 Å². The molecule has 0 aliphatic carbocycles. The number of aromatic hydroxyl groups is 1. The third-order valence-corrected chi connectivity index (χ3v) is 2.91. The van der Waals surface area contributed by atoms with Crippen molar-refractivity contribution in [3.8, 4) is 5.75 Å². The van der Waals surface area contributed by atoms with E-state index < -0.39 is 0 Å². The van der Waals surface area contributed by atoms with Crippen molar-refractivity contribution in [2.45, 2.75) is 13.0 Å². The van der Waals surface area contributed by atoms with Crippen LogP contribution >= 0.6 is 0 Å². The van der Waals surface area contributed by atoms with Crippen LogP contribution in [-0.2, 0) is 0 Å². The van der Waals surface area contributed by atoms with Crippen molar-refractivity contribution in [2.24, 2.45) is 0 Å². The minimum Gasteiger partial charge on any atom is -0.508 e. The molecule has 0 fully saturated rings. The third-order valence-electron chi connectivity index (χ3n) is 2.91. The highest BCUT2D eigenvalue weighted by Gasteiger charge is 2.20. The summed E-state index contributed by atoms with van der Waals surface area (Å²) in [5, 5.41) is 13.1. The predicted octanol–water partition coefficient (Wildman–Crippen LogP) is 2.21. The van der Waals surface area contributed by atoms with Gasteiger partial charge in [-0.2, -0.15) is 0 Å². The van der Waals surface area contributed by atoms with Crippen LogP contribution in [0.15, 0.2) is 41.1 Å². The van der Waals surface area contributed by atoms with E-state index in [1.165, 1.54) is 12.3 Å². The van der Waals surface area contributed by atoms with Crippen molar-refractivity contribution in [2.75, 3.05) is 7.05 Å². The van der Waals surface area contributed by atoms with Crippen LogP contribution in [0.5, 0.6) is 5.75 Å². The number of hydrogen-bond donors (Lipinski definition) is 1. The fourth-order valence-corrected chi connectivity index (χ4v) is 1.69. The summed E-state index contributed by atoms with van der Waals surface area (Å²) in [6.07, 6.45) is 1.36. The van der Waals surface area contributed by atoms with Crippen molar-refractivity contribution in [3.63, 3.8) is 0 Å². The van der Waals surface area contributed by atoms with Gasteiger partial charge in [0.05, 0.1) is 6.04 Å². The molecule has 0 saturated heterocycles. The largest absolute Gasteiger partial charge is 0.508 e. The Bertz CT molecular complexity index is 537. The summed E-state index contributed by atoms with van der Waals surface area (Å²) in [4.78, 5) is 13.6. The van der Waals surface area contributed by atoms with E-state index in [-0.39, 0.29) is 23.4 Å². The first kappa shape index (κ1) is 12.2. The molecule has 2 rings (SSSR count). The first-order valence-electron chi connectivity index (χ1n) is 5.56. The molecule has 5 nitrogen and oxygen atoms in total. The van der Waals surface area contributed by atoms with E-state index in [9.17, 15) is 9.90 Å². The summed E-state index contributed by atoms with van der Waals surface area (Å²) in [7, 11) is 1.69. The minimum atomic E-state index is -0.223. The van der Waals surface area contributed by atoms with E-state index in [0.717, 1.165) is 5.56 Å². The molecular formula is C13H14N2O3. The smallest absolute Gasteiger partial charge is 0.276 e. The van der Waals surface area contributed by atoms with Gasteiger partial charge in [0.2, 0.25) is 0 Å². The molecule has 18 heavy (non-hydrogen) atoms. The van der Waals surface area contributed by atoms with Gasteiger partial charge in [0.15, 0.2) is 5.69 Å². The zero-order valence-corrected chi connectivity index (χ0v) is 10.2. The molecule has 94 valence electrons. The molecule has 0 aliphatic heterocycles. The zero-order valence-electron chi connectivity index (χ0n) is 10.2. The van der Waals surface area contributed by atoms with E-state index in [1.54, 1.807) is 30.1 Å². The van der Waals surface area contributed by atoms with Gasteiger partial charge in [0.1, 0.15) is 12.0 Å². The van der Waals surface area contributed by atoms with Gasteiger partial charge in [-0.05, 0) is 24.6 Å². The van der Waals surface area contributed by atoms with Gasteiger partial charge < -0.3 is 14.5 Å². The lowest BCUT2D eigenvalue weighted by molar-refractivity contribution is 0.0732. The lowest BCUT2D eigenvalue weighted by Crippen LogP contribution is -2.29. The second-order valence-electron chi connectivity index (χ2n) is 4.07. The summed E-state index contributed by atoms with van der Waals surface area (Å²) < 4.78 is 4.65. The molecule has 0 spiro atoms. The van der Waals surface area contributed by atoms with Gasteiger partial charge in [-0.15, -0.1) is 0 Å². The highest BCUT2D eigenvalue weighted by atomic mass is 16.5. The van der Waals surface area contributed by atoms with Gasteiger partial charge in [-0.1, -0.05) is 17.3 Å². The second kappa shape index (κ2) is 4.91. The van der Waals surface area contributed by atoms with E-state index in [4.69, 9.17) is 0 Å². The number of phenols is 1. The van der Waals surface area contributed by atoms with Gasteiger partial charge in [-0.25, -0.2) is 0 Å². The van der Waals surface area contributed by atoms with Crippen LogP contribution < -0.4 is 0 Å². The molecule has 0 unspecified atom stereocenters. The third kappa shape index (κ3) is 2.34. The Morgan fingerprint density at radius 3 is 2.83 bits per heavy atom. The van der Waals surface area contributed by atoms with Crippen molar-refractivity contribution >= 4 is 5.91 Å². The van der Waals surface area contributed by atoms with Gasteiger partial charge in [0, 0.05) is 13.1 Å². The highest BCUT2D eigenvalue weighted by molar-refractivity contribution is 5.92. The number of rotatable bonds is 3. The van der Waals surface area contributed by atoms with Crippen LogP contribution in [-0.4, -0.2) is 28.1 Å². The molecule has 5 heteroatoms. The maximum Gasteiger partial charge on any atom is 0.276 e. The Hall–Kier alpha value is -2.30. The normalized spacial score (nSPS) is 12.1. The zero-order chi connectivity index (χ0) is 13.1. The minimum absolute atomic E-state index is 0.165. The standard InChI is InChI=1S/C13H14N2O3/c1-9(10-4-3-5-11(16)8-10)15(2)13(17)12-6-7-18-14-12/h3-9,16H,1-2H3/t9-/m0/s1. The Kier molecular flexibility index (Phi) is 3.32. The summed E-state index contributed by atoms with van der Waals surface area (Å²) in [5.74, 6) is -0.0405. The van der Waals surface area contributed by atoms with Crippen molar-refractivity contribution in [1.29, 1.82) is 0 Å². The van der Waals surface area contributed by atoms with E-state index in [1.807, 2.05) is 13.0 Å². The van der Waals surface area contributed by atoms with Gasteiger partial charge >= 0.3 is 0 Å². The predicted molar refractivity (Wildman–Crippen MR) is 65.1 cm³/mol. The number of amides is 1. The first-order chi connectivity index (χ1) is 8.59. The molecule has 1 atom stereocenters. The summed E-state index contributed by atoms with van der Waals surface area (Å²) in [6, 6.07) is 8.19. The number of nitrogens with zero attached hydrogens (tertiary/aromatic N) is 2. The van der Waals surface area contributed by atoms with Gasteiger partial charge in [-0.3, -0.25) is 4.79 Å². The molecule has 0 aliphatic rings. The Morgan fingerprint density at radius 2 is 2.22 bits per heavy atom. The molecule has 1 aromatic heterocycles. The van der Waals surface area contributed by atoms with Crippen LogP contribution in [0.1, 0.15) is 29.0 Å². The average Bonchev–Trinajstić information content (AvgIpc) is 2.90. The number of phenolic OH excluding ortho intramolecular Hbond substituents is 1. The van der Waals surface area contributed by atoms with E-state index >= 15 is 0 Å². The van der Waals surface area contributed by atoms with Crippen LogP contribution in [0.2, 0.25) is 0 Å². The molecular weight excluding hydrogens is 232 g/mol. The van der Waals surface area contributed by atoms with Gasteiger partial charge in [0.25, 0.3) is 5.91 Å². The first-order valence-corrected chi connectivity index (χ1v) is 5.56. The maximum absolute atomic E-state index is 12.0. The fourth-order valence-electron chi connectivity index (χ4n) is 1.69. The molecule has 1 amide bonds. The summed E-state index contributed by atoms with van der Waals surface area (Å²) in [6.45, 7) is 1.88. The van der Waals surface area contributed by atoms with Crippen LogP contribution in [0.3, 0.4) is 0 Å². The second-order valence-corrected chi connectivity index (χ2v) is 4.07. The average molecular weight is 246 g/mol. The molecule has 0 saturated carbocycles. The quantitative estimate of drug-likeness (QED) is 0.901. The SMILES string of the molecule is C[C@@H](c1cccc(O)c1)N(C)C(=O)c1ccon1. The molecule has 1 N–H and O–H groups in total. The Balaban J connectivity index is 2.18. The van der Waals surface area contributed by atoms with Crippen LogP contribution in [0.25, 0.3) is 0 Å². The van der Waals surface area contributed by atoms with Crippen molar-refractivity contribution < 1.29 is 14.4 Å². The number of carbonyl (C=O) groups excluding carboxylic acids is 1.